The van der Waals surface area contributed by atoms with Gasteiger partial charge in [-0.25, -0.2) is 4.79 Å². The van der Waals surface area contributed by atoms with Crippen LogP contribution in [0.15, 0.2) is 122 Å². The van der Waals surface area contributed by atoms with Crippen LogP contribution in [0.4, 0.5) is 0 Å². The molecule has 0 radical (unpaired) electrons. The van der Waals surface area contributed by atoms with Crippen LogP contribution in [0.3, 0.4) is 0 Å². The fraction of sp³-hybridized carbons (Fsp3) is 0.593. The number of carbonyl (C=O) groups excluding carboxylic acids is 3. The number of aliphatic carboxylic acids is 1. The number of unbranched alkanes of at least 4 members (excludes halogenated alkanes) is 8. The fourth-order valence-electron chi connectivity index (χ4n) is 7.05. The summed E-state index contributed by atoms with van der Waals surface area (Å²) in [4.78, 5) is 50.9. The molecule has 1 aliphatic heterocycles. The summed E-state index contributed by atoms with van der Waals surface area (Å²) >= 11 is 0. The summed E-state index contributed by atoms with van der Waals surface area (Å²) in [7, 11) is 0. The van der Waals surface area contributed by atoms with E-state index in [-0.39, 0.29) is 25.9 Å². The topological polar surface area (TPSA) is 175 Å². The van der Waals surface area contributed by atoms with Gasteiger partial charge in [-0.2, -0.15) is 0 Å². The van der Waals surface area contributed by atoms with E-state index in [4.69, 9.17) is 23.7 Å². The van der Waals surface area contributed by atoms with Crippen molar-refractivity contribution in [1.29, 1.82) is 0 Å². The molecule has 0 spiro atoms. The molecule has 1 rings (SSSR count). The zero-order chi connectivity index (χ0) is 51.8. The standard InChI is InChI=1S/C59H90O12/c1-4-7-10-13-16-19-22-25-26-29-32-35-38-41-44-47-53(62)70-57-55(64)54(63)56(58(65)66)71-59(57)68-49-50(69-52(61)46-43-40-37-34-31-28-24-21-18-15-12-9-6-3)48-67-51(60)45-42-39-36-33-30-27-23-20-17-14-11-8-5-2/h7-12,16-21,25-28,30-31,36,39,50,54-57,59,63-64H,4-6,13-15,22-24,29,32-35,37-38,40-49H2,1-3H3,(H,65,66)/b10-7-,11-8-,12-9-,19-16-,20-17-,21-18-,26-25-,30-27-,31-28-,39-36-. The molecule has 1 saturated heterocycles. The van der Waals surface area contributed by atoms with E-state index in [2.05, 4.69) is 130 Å². The summed E-state index contributed by atoms with van der Waals surface area (Å²) < 4.78 is 28.2. The lowest BCUT2D eigenvalue weighted by Gasteiger charge is -2.40. The van der Waals surface area contributed by atoms with Crippen LogP contribution in [0.25, 0.3) is 0 Å². The molecule has 0 amide bonds. The van der Waals surface area contributed by atoms with Crippen molar-refractivity contribution in [2.45, 2.75) is 212 Å². The van der Waals surface area contributed by atoms with Crippen molar-refractivity contribution in [3.05, 3.63) is 122 Å². The summed E-state index contributed by atoms with van der Waals surface area (Å²) in [5, 5.41) is 31.4. The first-order chi connectivity index (χ1) is 34.6. The number of esters is 3. The summed E-state index contributed by atoms with van der Waals surface area (Å²) in [6, 6.07) is 0. The van der Waals surface area contributed by atoms with Gasteiger partial charge in [-0.3, -0.25) is 14.4 Å². The van der Waals surface area contributed by atoms with E-state index >= 15 is 0 Å². The predicted octanol–water partition coefficient (Wildman–Crippen LogP) is 12.9. The molecule has 398 valence electrons. The van der Waals surface area contributed by atoms with Crippen LogP contribution in [0.1, 0.15) is 175 Å². The van der Waals surface area contributed by atoms with Gasteiger partial charge in [-0.05, 0) is 109 Å². The third-order valence-electron chi connectivity index (χ3n) is 11.0. The number of aliphatic hydroxyl groups excluding tert-OH is 2. The molecule has 12 nitrogen and oxygen atoms in total. The molecule has 1 aliphatic rings. The highest BCUT2D eigenvalue weighted by molar-refractivity contribution is 5.74. The van der Waals surface area contributed by atoms with Crippen molar-refractivity contribution >= 4 is 23.9 Å². The molecule has 0 aromatic heterocycles. The smallest absolute Gasteiger partial charge is 0.335 e. The molecule has 0 saturated carbocycles. The monoisotopic (exact) mass is 991 g/mol. The molecule has 0 aliphatic carbocycles. The van der Waals surface area contributed by atoms with E-state index in [1.807, 2.05) is 12.2 Å². The molecule has 0 bridgehead atoms. The van der Waals surface area contributed by atoms with Crippen LogP contribution in [-0.2, 0) is 42.9 Å². The number of aliphatic hydroxyl groups is 2. The largest absolute Gasteiger partial charge is 0.479 e. The van der Waals surface area contributed by atoms with Gasteiger partial charge in [0.1, 0.15) is 18.8 Å². The molecule has 1 heterocycles. The zero-order valence-corrected chi connectivity index (χ0v) is 43.4. The summed E-state index contributed by atoms with van der Waals surface area (Å²) in [6.07, 6.45) is 50.6. The maximum Gasteiger partial charge on any atom is 0.335 e. The van der Waals surface area contributed by atoms with E-state index in [1.54, 1.807) is 0 Å². The van der Waals surface area contributed by atoms with E-state index in [0.29, 0.717) is 19.3 Å². The minimum Gasteiger partial charge on any atom is -0.479 e. The Bertz CT molecular complexity index is 1700. The maximum atomic E-state index is 13.1. The number of allylic oxidation sites excluding steroid dienone is 20. The van der Waals surface area contributed by atoms with Crippen molar-refractivity contribution in [2.75, 3.05) is 13.2 Å². The summed E-state index contributed by atoms with van der Waals surface area (Å²) in [6.45, 7) is 5.51. The number of ether oxygens (including phenoxy) is 5. The number of hydrogen-bond donors (Lipinski definition) is 3. The summed E-state index contributed by atoms with van der Waals surface area (Å²) in [5.41, 5.74) is 0. The molecule has 6 unspecified atom stereocenters. The lowest BCUT2D eigenvalue weighted by Crippen LogP contribution is -2.61. The summed E-state index contributed by atoms with van der Waals surface area (Å²) in [5.74, 6) is -3.32. The highest BCUT2D eigenvalue weighted by Gasteiger charge is 2.50. The van der Waals surface area contributed by atoms with Gasteiger partial charge < -0.3 is 39.0 Å². The quantitative estimate of drug-likeness (QED) is 0.0229. The predicted molar refractivity (Wildman–Crippen MR) is 284 cm³/mol. The number of carboxylic acid groups (broad SMARTS) is 1. The lowest BCUT2D eigenvalue weighted by molar-refractivity contribution is -0.301. The Balaban J connectivity index is 2.80. The molecule has 3 N–H and O–H groups in total. The molecular weight excluding hydrogens is 901 g/mol. The Labute approximate surface area is 427 Å². The van der Waals surface area contributed by atoms with E-state index in [1.165, 1.54) is 0 Å². The highest BCUT2D eigenvalue weighted by Crippen LogP contribution is 2.26. The average Bonchev–Trinajstić information content (AvgIpc) is 3.35. The third-order valence-corrected chi connectivity index (χ3v) is 11.0. The SMILES string of the molecule is CC/C=C\C/C=C\C/C=C\C/C=C\CCC(=O)OCC(COC1OC(C(=O)O)C(O)C(O)C1OC(=O)CCCCCCC/C=C\C/C=C\C/C=C\CC)OC(=O)CCCCC/C=C\C/C=C\C/C=C\CC. The van der Waals surface area contributed by atoms with Gasteiger partial charge in [0, 0.05) is 19.3 Å². The van der Waals surface area contributed by atoms with Gasteiger partial charge in [-0.1, -0.05) is 168 Å². The Morgan fingerprint density at radius 1 is 0.465 bits per heavy atom. The van der Waals surface area contributed by atoms with Gasteiger partial charge in [0.25, 0.3) is 0 Å². The van der Waals surface area contributed by atoms with Crippen molar-refractivity contribution < 1.29 is 58.2 Å². The Kier molecular flexibility index (Phi) is 41.7. The zero-order valence-electron chi connectivity index (χ0n) is 43.4. The molecule has 6 atom stereocenters. The first-order valence-electron chi connectivity index (χ1n) is 26.5. The minimum atomic E-state index is -1.93. The first-order valence-corrected chi connectivity index (χ1v) is 26.5. The van der Waals surface area contributed by atoms with Crippen LogP contribution >= 0.6 is 0 Å². The van der Waals surface area contributed by atoms with Gasteiger partial charge in [0.2, 0.25) is 0 Å². The van der Waals surface area contributed by atoms with Crippen LogP contribution in [-0.4, -0.2) is 89.2 Å². The Hall–Kier alpha value is -4.88. The normalized spacial score (nSPS) is 19.5. The first kappa shape index (κ1) is 64.1. The number of carboxylic acids is 1. The number of hydrogen-bond acceptors (Lipinski definition) is 11. The number of rotatable bonds is 42. The Morgan fingerprint density at radius 2 is 0.873 bits per heavy atom. The van der Waals surface area contributed by atoms with Crippen molar-refractivity contribution in [2.24, 2.45) is 0 Å². The van der Waals surface area contributed by atoms with Gasteiger partial charge in [-0.15, -0.1) is 0 Å². The van der Waals surface area contributed by atoms with Crippen LogP contribution in [0.2, 0.25) is 0 Å². The molecule has 0 aromatic carbocycles. The second kappa shape index (κ2) is 46.2. The van der Waals surface area contributed by atoms with Gasteiger partial charge in [0.05, 0.1) is 6.61 Å². The molecular formula is C59H90O12. The molecule has 71 heavy (non-hydrogen) atoms. The Morgan fingerprint density at radius 3 is 1.35 bits per heavy atom. The van der Waals surface area contributed by atoms with Gasteiger partial charge >= 0.3 is 23.9 Å². The second-order valence-electron chi connectivity index (χ2n) is 17.4. The highest BCUT2D eigenvalue weighted by atomic mass is 16.7. The van der Waals surface area contributed by atoms with Crippen LogP contribution in [0.5, 0.6) is 0 Å². The van der Waals surface area contributed by atoms with Crippen molar-refractivity contribution in [3.63, 3.8) is 0 Å². The van der Waals surface area contributed by atoms with Crippen molar-refractivity contribution in [1.82, 2.24) is 0 Å². The lowest BCUT2D eigenvalue weighted by atomic mass is 9.98. The minimum absolute atomic E-state index is 0.0238. The molecule has 1 fully saturated rings. The van der Waals surface area contributed by atoms with Crippen molar-refractivity contribution in [3.8, 4) is 0 Å². The van der Waals surface area contributed by atoms with E-state index in [0.717, 1.165) is 116 Å². The van der Waals surface area contributed by atoms with Gasteiger partial charge in [0.15, 0.2) is 24.6 Å². The van der Waals surface area contributed by atoms with Crippen LogP contribution < -0.4 is 0 Å². The van der Waals surface area contributed by atoms with E-state index in [9.17, 15) is 34.5 Å². The third kappa shape index (κ3) is 36.7. The second-order valence-corrected chi connectivity index (χ2v) is 17.4. The molecule has 12 heteroatoms. The number of carbonyl (C=O) groups is 4. The fourth-order valence-corrected chi connectivity index (χ4v) is 7.05. The van der Waals surface area contributed by atoms with E-state index < -0.39 is 67.3 Å². The van der Waals surface area contributed by atoms with Crippen LogP contribution in [0, 0.1) is 0 Å². The average molecular weight is 991 g/mol. The maximum absolute atomic E-state index is 13.1. The molecule has 0 aromatic rings.